The normalized spacial score (nSPS) is 16.6. The molecule has 0 aromatic heterocycles. The molecule has 10 heteroatoms. The van der Waals surface area contributed by atoms with E-state index >= 15 is 0 Å². The van der Waals surface area contributed by atoms with E-state index in [1.807, 2.05) is 0 Å². The van der Waals surface area contributed by atoms with Crippen molar-refractivity contribution >= 4 is 23.3 Å². The van der Waals surface area contributed by atoms with E-state index in [1.54, 1.807) is 0 Å². The van der Waals surface area contributed by atoms with Gasteiger partial charge in [0.05, 0.1) is 28.6 Å². The Hall–Kier alpha value is -3.04. The first-order valence-electron chi connectivity index (χ1n) is 6.18. The fourth-order valence-corrected chi connectivity index (χ4v) is 2.11. The summed E-state index contributed by atoms with van der Waals surface area (Å²) in [5.74, 6) is -1.28. The molecular formula is C12H11N3O7. The lowest BCUT2D eigenvalue weighted by Gasteiger charge is -2.38. The van der Waals surface area contributed by atoms with E-state index in [0.29, 0.717) is 6.42 Å². The summed E-state index contributed by atoms with van der Waals surface area (Å²) >= 11 is 0. The molecule has 1 aliphatic rings. The fourth-order valence-electron chi connectivity index (χ4n) is 2.11. The summed E-state index contributed by atoms with van der Waals surface area (Å²) in [6.45, 7) is 0.273. The van der Waals surface area contributed by atoms with Gasteiger partial charge >= 0.3 is 5.97 Å². The van der Waals surface area contributed by atoms with Gasteiger partial charge in [0.2, 0.25) is 0 Å². The topological polar surface area (TPSA) is 133 Å². The zero-order valence-electron chi connectivity index (χ0n) is 11.4. The number of nitrogens with zero attached hydrogens (tertiary/aromatic N) is 3. The molecule has 0 spiro atoms. The SMILES string of the molecule is COC(=O)C1CCN1C(=O)c1cc([N+](=O)[O-])cc([N+](=O)[O-])c1. The third-order valence-corrected chi connectivity index (χ3v) is 3.32. The minimum absolute atomic E-state index is 0.213. The number of hydrogen-bond acceptors (Lipinski definition) is 7. The molecule has 0 saturated carbocycles. The second kappa shape index (κ2) is 5.76. The second-order valence-corrected chi connectivity index (χ2v) is 4.58. The van der Waals surface area contributed by atoms with Crippen LogP contribution in [0.2, 0.25) is 0 Å². The lowest BCUT2D eigenvalue weighted by atomic mass is 10.0. The number of benzene rings is 1. The van der Waals surface area contributed by atoms with Gasteiger partial charge in [0, 0.05) is 18.7 Å². The van der Waals surface area contributed by atoms with Crippen LogP contribution in [0.1, 0.15) is 16.8 Å². The first kappa shape index (κ1) is 15.4. The van der Waals surface area contributed by atoms with E-state index in [4.69, 9.17) is 0 Å². The Bertz CT molecular complexity index is 640. The summed E-state index contributed by atoms with van der Waals surface area (Å²) in [5, 5.41) is 21.6. The van der Waals surface area contributed by atoms with Crippen LogP contribution >= 0.6 is 0 Å². The molecule has 0 bridgehead atoms. The van der Waals surface area contributed by atoms with Crippen LogP contribution in [0.5, 0.6) is 0 Å². The lowest BCUT2D eigenvalue weighted by Crippen LogP contribution is -2.55. The number of rotatable bonds is 4. The van der Waals surface area contributed by atoms with Crippen molar-refractivity contribution in [1.82, 2.24) is 4.90 Å². The number of ether oxygens (including phenoxy) is 1. The van der Waals surface area contributed by atoms with Crippen LogP contribution < -0.4 is 0 Å². The Morgan fingerprint density at radius 3 is 2.09 bits per heavy atom. The van der Waals surface area contributed by atoms with E-state index in [2.05, 4.69) is 4.74 Å². The number of carbonyl (C=O) groups is 2. The van der Waals surface area contributed by atoms with Crippen LogP contribution in [-0.2, 0) is 9.53 Å². The van der Waals surface area contributed by atoms with Crippen LogP contribution in [0.3, 0.4) is 0 Å². The Kier molecular flexibility index (Phi) is 4.02. The van der Waals surface area contributed by atoms with Crippen molar-refractivity contribution in [3.05, 3.63) is 44.0 Å². The number of esters is 1. The average molecular weight is 309 g/mol. The molecule has 22 heavy (non-hydrogen) atoms. The maximum atomic E-state index is 12.3. The van der Waals surface area contributed by atoms with E-state index in [1.165, 1.54) is 7.11 Å². The van der Waals surface area contributed by atoms with Crippen molar-refractivity contribution in [3.63, 3.8) is 0 Å². The largest absolute Gasteiger partial charge is 0.467 e. The number of carbonyl (C=O) groups excluding carboxylic acids is 2. The third-order valence-electron chi connectivity index (χ3n) is 3.32. The Morgan fingerprint density at radius 1 is 1.18 bits per heavy atom. The number of amides is 1. The summed E-state index contributed by atoms with van der Waals surface area (Å²) < 4.78 is 4.55. The summed E-state index contributed by atoms with van der Waals surface area (Å²) in [6.07, 6.45) is 0.412. The first-order valence-corrected chi connectivity index (χ1v) is 6.18. The molecule has 2 rings (SSSR count). The van der Waals surface area contributed by atoms with Crippen molar-refractivity contribution in [2.24, 2.45) is 0 Å². The number of nitro benzene ring substituents is 2. The highest BCUT2D eigenvalue weighted by molar-refractivity contribution is 5.98. The molecule has 10 nitrogen and oxygen atoms in total. The van der Waals surface area contributed by atoms with Gasteiger partial charge in [0.25, 0.3) is 17.3 Å². The van der Waals surface area contributed by atoms with Crippen LogP contribution in [0.15, 0.2) is 18.2 Å². The van der Waals surface area contributed by atoms with E-state index < -0.39 is 39.1 Å². The maximum absolute atomic E-state index is 12.3. The van der Waals surface area contributed by atoms with Crippen LogP contribution in [-0.4, -0.2) is 46.3 Å². The summed E-state index contributed by atoms with van der Waals surface area (Å²) in [6, 6.07) is 1.89. The van der Waals surface area contributed by atoms with Crippen molar-refractivity contribution < 1.29 is 24.2 Å². The molecule has 1 aromatic carbocycles. The zero-order valence-corrected chi connectivity index (χ0v) is 11.4. The number of methoxy groups -OCH3 is 1. The van der Waals surface area contributed by atoms with Gasteiger partial charge in [-0.25, -0.2) is 4.79 Å². The molecule has 0 N–H and O–H groups in total. The van der Waals surface area contributed by atoms with Gasteiger partial charge in [-0.1, -0.05) is 0 Å². The van der Waals surface area contributed by atoms with Crippen molar-refractivity contribution in [2.45, 2.75) is 12.5 Å². The molecular weight excluding hydrogens is 298 g/mol. The Morgan fingerprint density at radius 2 is 1.73 bits per heavy atom. The smallest absolute Gasteiger partial charge is 0.328 e. The van der Waals surface area contributed by atoms with Gasteiger partial charge < -0.3 is 9.64 Å². The van der Waals surface area contributed by atoms with E-state index in [-0.39, 0.29) is 12.1 Å². The summed E-state index contributed by atoms with van der Waals surface area (Å²) in [5.41, 5.74) is -1.34. The highest BCUT2D eigenvalue weighted by Crippen LogP contribution is 2.27. The van der Waals surface area contributed by atoms with Crippen LogP contribution in [0.4, 0.5) is 11.4 Å². The molecule has 1 amide bonds. The molecule has 1 atom stereocenters. The van der Waals surface area contributed by atoms with Gasteiger partial charge in [-0.15, -0.1) is 0 Å². The molecule has 1 aliphatic heterocycles. The summed E-state index contributed by atoms with van der Waals surface area (Å²) in [4.78, 5) is 44.9. The molecule has 1 unspecified atom stereocenters. The first-order chi connectivity index (χ1) is 10.3. The van der Waals surface area contributed by atoms with E-state index in [0.717, 1.165) is 23.1 Å². The monoisotopic (exact) mass is 309 g/mol. The highest BCUT2D eigenvalue weighted by Gasteiger charge is 2.39. The molecule has 1 fully saturated rings. The van der Waals surface area contributed by atoms with Crippen LogP contribution in [0, 0.1) is 20.2 Å². The predicted octanol–water partition coefficient (Wildman–Crippen LogP) is 0.890. The van der Waals surface area contributed by atoms with Gasteiger partial charge in [-0.2, -0.15) is 0 Å². The van der Waals surface area contributed by atoms with Crippen molar-refractivity contribution in [1.29, 1.82) is 0 Å². The zero-order chi connectivity index (χ0) is 16.4. The fraction of sp³-hybridized carbons (Fsp3) is 0.333. The Balaban J connectivity index is 2.35. The lowest BCUT2D eigenvalue weighted by molar-refractivity contribution is -0.394. The number of likely N-dealkylation sites (tertiary alicyclic amines) is 1. The number of non-ortho nitro benzene ring substituents is 2. The molecule has 0 aliphatic carbocycles. The number of nitro groups is 2. The average Bonchev–Trinajstić information content (AvgIpc) is 2.45. The van der Waals surface area contributed by atoms with E-state index in [9.17, 15) is 29.8 Å². The minimum Gasteiger partial charge on any atom is -0.467 e. The van der Waals surface area contributed by atoms with Crippen LogP contribution in [0.25, 0.3) is 0 Å². The van der Waals surface area contributed by atoms with Gasteiger partial charge in [0.1, 0.15) is 6.04 Å². The van der Waals surface area contributed by atoms with Crippen molar-refractivity contribution in [2.75, 3.05) is 13.7 Å². The van der Waals surface area contributed by atoms with Gasteiger partial charge in [0.15, 0.2) is 0 Å². The molecule has 1 aromatic rings. The molecule has 0 radical (unpaired) electrons. The number of hydrogen-bond donors (Lipinski definition) is 0. The minimum atomic E-state index is -0.822. The molecule has 1 saturated heterocycles. The van der Waals surface area contributed by atoms with Crippen molar-refractivity contribution in [3.8, 4) is 0 Å². The standard InChI is InChI=1S/C12H11N3O7/c1-22-12(17)10-2-3-13(10)11(16)7-4-8(14(18)19)6-9(5-7)15(20)21/h4-6,10H,2-3H2,1H3. The van der Waals surface area contributed by atoms with Gasteiger partial charge in [-0.05, 0) is 6.42 Å². The molecule has 1 heterocycles. The van der Waals surface area contributed by atoms with Gasteiger partial charge in [-0.3, -0.25) is 25.0 Å². The predicted molar refractivity (Wildman–Crippen MR) is 71.2 cm³/mol. The second-order valence-electron chi connectivity index (χ2n) is 4.58. The summed E-state index contributed by atoms with van der Waals surface area (Å²) in [7, 11) is 1.18. The molecule has 116 valence electrons. The third kappa shape index (κ3) is 2.71. The highest BCUT2D eigenvalue weighted by atomic mass is 16.6. The quantitative estimate of drug-likeness (QED) is 0.458. The Labute approximate surface area is 123 Å². The maximum Gasteiger partial charge on any atom is 0.328 e.